The molecule has 0 bridgehead atoms. The van der Waals surface area contributed by atoms with Gasteiger partial charge in [0.2, 0.25) is 5.88 Å². The summed E-state index contributed by atoms with van der Waals surface area (Å²) in [7, 11) is 0. The number of aromatic nitrogens is 4. The molecule has 1 aliphatic carbocycles. The summed E-state index contributed by atoms with van der Waals surface area (Å²) < 4.78 is 1.91. The molecular formula is C19H17N5O. The average Bonchev–Trinajstić information content (AvgIpc) is 2.91. The summed E-state index contributed by atoms with van der Waals surface area (Å²) in [4.78, 5) is 13.5. The molecule has 4 aromatic rings. The third-order valence-electron chi connectivity index (χ3n) is 5.09. The van der Waals surface area contributed by atoms with Crippen molar-refractivity contribution in [1.29, 1.82) is 0 Å². The summed E-state index contributed by atoms with van der Waals surface area (Å²) in [5, 5.41) is 12.1. The van der Waals surface area contributed by atoms with E-state index >= 15 is 0 Å². The van der Waals surface area contributed by atoms with Crippen LogP contribution in [-0.2, 0) is 0 Å². The minimum atomic E-state index is 0.216. The number of pyridine rings is 1. The second-order valence-electron chi connectivity index (χ2n) is 6.50. The Morgan fingerprint density at radius 3 is 2.64 bits per heavy atom. The number of hydrogen-bond acceptors (Lipinski definition) is 5. The van der Waals surface area contributed by atoms with Gasteiger partial charge in [0.25, 0.3) is 0 Å². The molecule has 3 N–H and O–H groups in total. The van der Waals surface area contributed by atoms with E-state index in [-0.39, 0.29) is 5.88 Å². The Kier molecular flexibility index (Phi) is 2.94. The Bertz CT molecular complexity index is 1100. The summed E-state index contributed by atoms with van der Waals surface area (Å²) in [5.41, 5.74) is 9.27. The molecule has 0 aliphatic heterocycles. The van der Waals surface area contributed by atoms with Crippen molar-refractivity contribution in [2.45, 2.75) is 25.3 Å². The van der Waals surface area contributed by atoms with Crippen LogP contribution in [0.5, 0.6) is 5.88 Å². The molecule has 1 saturated carbocycles. The Morgan fingerprint density at radius 1 is 1.12 bits per heavy atom. The third-order valence-corrected chi connectivity index (χ3v) is 5.09. The number of nitrogens with zero attached hydrogens (tertiary/aromatic N) is 4. The molecule has 0 unspecified atom stereocenters. The summed E-state index contributed by atoms with van der Waals surface area (Å²) >= 11 is 0. The van der Waals surface area contributed by atoms with Crippen LogP contribution in [0, 0.1) is 0 Å². The second-order valence-corrected chi connectivity index (χ2v) is 6.50. The zero-order chi connectivity index (χ0) is 17.0. The van der Waals surface area contributed by atoms with E-state index in [0.29, 0.717) is 28.5 Å². The largest absolute Gasteiger partial charge is 0.494 e. The van der Waals surface area contributed by atoms with Crippen LogP contribution in [-0.4, -0.2) is 24.6 Å². The highest BCUT2D eigenvalue weighted by Crippen LogP contribution is 2.42. The third kappa shape index (κ3) is 2.00. The monoisotopic (exact) mass is 331 g/mol. The maximum atomic E-state index is 10.7. The van der Waals surface area contributed by atoms with Crippen LogP contribution in [0.2, 0.25) is 0 Å². The van der Waals surface area contributed by atoms with E-state index in [4.69, 9.17) is 10.7 Å². The van der Waals surface area contributed by atoms with E-state index in [2.05, 4.69) is 9.97 Å². The Balaban J connectivity index is 1.83. The standard InChI is InChI=1S/C19H17N5O/c20-16-12-6-2-7-13(18-21-8-3-9-22-18)17(12)23-14-10-24(11-4-1-5-11)19(25)15(14)16/h2-3,6-11,25H,1,4-5,20H2. The van der Waals surface area contributed by atoms with E-state index in [1.807, 2.05) is 29.0 Å². The van der Waals surface area contributed by atoms with Gasteiger partial charge in [0.15, 0.2) is 5.82 Å². The van der Waals surface area contributed by atoms with Crippen molar-refractivity contribution >= 4 is 27.5 Å². The Morgan fingerprint density at radius 2 is 1.92 bits per heavy atom. The lowest BCUT2D eigenvalue weighted by Gasteiger charge is -2.27. The molecule has 3 aromatic heterocycles. The van der Waals surface area contributed by atoms with Crippen molar-refractivity contribution in [3.63, 3.8) is 0 Å². The van der Waals surface area contributed by atoms with Crippen LogP contribution in [0.4, 0.5) is 5.69 Å². The van der Waals surface area contributed by atoms with Gasteiger partial charge in [0, 0.05) is 35.6 Å². The van der Waals surface area contributed by atoms with Crippen molar-refractivity contribution in [3.05, 3.63) is 42.9 Å². The number of rotatable bonds is 2. The van der Waals surface area contributed by atoms with Crippen LogP contribution < -0.4 is 5.73 Å². The maximum absolute atomic E-state index is 10.7. The minimum absolute atomic E-state index is 0.216. The molecule has 6 heteroatoms. The van der Waals surface area contributed by atoms with Crippen molar-refractivity contribution in [1.82, 2.24) is 19.5 Å². The fraction of sp³-hybridized carbons (Fsp3) is 0.211. The van der Waals surface area contributed by atoms with Gasteiger partial charge in [0.05, 0.1) is 22.1 Å². The van der Waals surface area contributed by atoms with Crippen molar-refractivity contribution in [2.24, 2.45) is 0 Å². The van der Waals surface area contributed by atoms with Gasteiger partial charge < -0.3 is 15.4 Å². The first-order chi connectivity index (χ1) is 12.2. The lowest BCUT2D eigenvalue weighted by molar-refractivity contribution is 0.283. The van der Waals surface area contributed by atoms with Gasteiger partial charge in [-0.25, -0.2) is 15.0 Å². The predicted molar refractivity (Wildman–Crippen MR) is 97.2 cm³/mol. The predicted octanol–water partition coefficient (Wildman–Crippen LogP) is 3.66. The van der Waals surface area contributed by atoms with Crippen LogP contribution in [0.3, 0.4) is 0 Å². The van der Waals surface area contributed by atoms with Crippen LogP contribution in [0.15, 0.2) is 42.9 Å². The molecule has 1 fully saturated rings. The molecule has 1 aliphatic rings. The molecule has 124 valence electrons. The number of benzene rings is 1. The van der Waals surface area contributed by atoms with E-state index < -0.39 is 0 Å². The van der Waals surface area contributed by atoms with Crippen LogP contribution in [0.1, 0.15) is 25.3 Å². The molecule has 0 radical (unpaired) electrons. The minimum Gasteiger partial charge on any atom is -0.494 e. The average molecular weight is 331 g/mol. The van der Waals surface area contributed by atoms with E-state index in [1.54, 1.807) is 18.5 Å². The number of nitrogens with two attached hydrogens (primary N) is 1. The molecule has 6 nitrogen and oxygen atoms in total. The van der Waals surface area contributed by atoms with Gasteiger partial charge in [0.1, 0.15) is 0 Å². The summed E-state index contributed by atoms with van der Waals surface area (Å²) in [6.07, 6.45) is 8.68. The van der Waals surface area contributed by atoms with E-state index in [1.165, 1.54) is 6.42 Å². The molecule has 0 saturated heterocycles. The van der Waals surface area contributed by atoms with Crippen molar-refractivity contribution in [3.8, 4) is 17.3 Å². The fourth-order valence-electron chi connectivity index (χ4n) is 3.54. The summed E-state index contributed by atoms with van der Waals surface area (Å²) in [6, 6.07) is 7.90. The number of aromatic hydroxyl groups is 1. The number of hydrogen-bond donors (Lipinski definition) is 2. The molecule has 3 heterocycles. The number of fused-ring (bicyclic) bond motifs is 2. The summed E-state index contributed by atoms with van der Waals surface area (Å²) in [6.45, 7) is 0. The fourth-order valence-corrected chi connectivity index (χ4v) is 3.54. The Hall–Kier alpha value is -3.15. The highest BCUT2D eigenvalue weighted by atomic mass is 16.3. The lowest BCUT2D eigenvalue weighted by Crippen LogP contribution is -2.15. The van der Waals surface area contributed by atoms with Gasteiger partial charge in [-0.1, -0.05) is 12.1 Å². The topological polar surface area (TPSA) is 89.9 Å². The van der Waals surface area contributed by atoms with Crippen molar-refractivity contribution < 1.29 is 5.11 Å². The van der Waals surface area contributed by atoms with Crippen molar-refractivity contribution in [2.75, 3.05) is 5.73 Å². The SMILES string of the molecule is Nc1c2cccc(-c3ncccn3)c2nc2cn(C3CCC3)c(O)c12. The van der Waals surface area contributed by atoms with Gasteiger partial charge in [-0.15, -0.1) is 0 Å². The molecule has 5 rings (SSSR count). The van der Waals surface area contributed by atoms with Crippen LogP contribution >= 0.6 is 0 Å². The maximum Gasteiger partial charge on any atom is 0.203 e. The molecule has 0 spiro atoms. The smallest absolute Gasteiger partial charge is 0.203 e. The van der Waals surface area contributed by atoms with E-state index in [0.717, 1.165) is 29.3 Å². The number of anilines is 1. The van der Waals surface area contributed by atoms with Gasteiger partial charge in [-0.05, 0) is 31.4 Å². The van der Waals surface area contributed by atoms with Crippen LogP contribution in [0.25, 0.3) is 33.2 Å². The first-order valence-corrected chi connectivity index (χ1v) is 8.43. The molecule has 0 amide bonds. The normalized spacial score (nSPS) is 14.9. The highest BCUT2D eigenvalue weighted by Gasteiger charge is 2.25. The molecule has 25 heavy (non-hydrogen) atoms. The second kappa shape index (κ2) is 5.17. The first kappa shape index (κ1) is 14.2. The quantitative estimate of drug-likeness (QED) is 0.585. The van der Waals surface area contributed by atoms with Gasteiger partial charge in [-0.3, -0.25) is 0 Å². The summed E-state index contributed by atoms with van der Waals surface area (Å²) in [5.74, 6) is 0.829. The first-order valence-electron chi connectivity index (χ1n) is 8.43. The Labute approximate surface area is 144 Å². The van der Waals surface area contributed by atoms with E-state index in [9.17, 15) is 5.11 Å². The lowest BCUT2D eigenvalue weighted by atomic mass is 9.93. The molecular weight excluding hydrogens is 314 g/mol. The number of para-hydroxylation sites is 1. The van der Waals surface area contributed by atoms with Gasteiger partial charge >= 0.3 is 0 Å². The zero-order valence-corrected chi connectivity index (χ0v) is 13.6. The number of nitrogen functional groups attached to an aromatic ring is 1. The molecule has 1 aromatic carbocycles. The highest BCUT2D eigenvalue weighted by molar-refractivity contribution is 6.11. The molecule has 0 atom stereocenters. The zero-order valence-electron chi connectivity index (χ0n) is 13.6. The van der Waals surface area contributed by atoms with Gasteiger partial charge in [-0.2, -0.15) is 0 Å².